The lowest BCUT2D eigenvalue weighted by Crippen LogP contribution is -1.99. The number of anilines is 3. The highest BCUT2D eigenvalue weighted by molar-refractivity contribution is 9.10. The van der Waals surface area contributed by atoms with E-state index in [0.29, 0.717) is 22.0 Å². The SMILES string of the molecule is N#Cc1ccc(Cl)cc1Nc1cc(Br)c(F)cc1N. The first kappa shape index (κ1) is 13.7. The topological polar surface area (TPSA) is 61.8 Å². The molecule has 19 heavy (non-hydrogen) atoms. The molecule has 0 spiro atoms. The van der Waals surface area contributed by atoms with Crippen molar-refractivity contribution < 1.29 is 4.39 Å². The van der Waals surface area contributed by atoms with Crippen molar-refractivity contribution in [3.63, 3.8) is 0 Å². The van der Waals surface area contributed by atoms with Crippen molar-refractivity contribution in [3.05, 3.63) is 51.2 Å². The first-order valence-electron chi connectivity index (χ1n) is 5.22. The molecule has 0 aliphatic heterocycles. The minimum Gasteiger partial charge on any atom is -0.397 e. The van der Waals surface area contributed by atoms with Crippen molar-refractivity contribution in [2.24, 2.45) is 0 Å². The highest BCUT2D eigenvalue weighted by Gasteiger charge is 2.09. The second-order valence-corrected chi connectivity index (χ2v) is 5.07. The fraction of sp³-hybridized carbons (Fsp3) is 0. The van der Waals surface area contributed by atoms with E-state index in [1.54, 1.807) is 18.2 Å². The number of rotatable bonds is 2. The smallest absolute Gasteiger partial charge is 0.139 e. The molecule has 0 atom stereocenters. The Morgan fingerprint density at radius 3 is 2.68 bits per heavy atom. The fourth-order valence-electron chi connectivity index (χ4n) is 1.53. The molecule has 2 aromatic rings. The van der Waals surface area contributed by atoms with Crippen LogP contribution in [0.15, 0.2) is 34.8 Å². The molecule has 0 aliphatic carbocycles. The minimum absolute atomic E-state index is 0.240. The van der Waals surface area contributed by atoms with Gasteiger partial charge in [-0.25, -0.2) is 4.39 Å². The van der Waals surface area contributed by atoms with E-state index in [-0.39, 0.29) is 10.2 Å². The maximum absolute atomic E-state index is 13.3. The Bertz CT molecular complexity index is 682. The summed E-state index contributed by atoms with van der Waals surface area (Å²) < 4.78 is 13.6. The lowest BCUT2D eigenvalue weighted by atomic mass is 10.1. The van der Waals surface area contributed by atoms with E-state index in [1.165, 1.54) is 12.1 Å². The molecule has 2 aromatic carbocycles. The molecule has 0 saturated heterocycles. The molecule has 2 rings (SSSR count). The van der Waals surface area contributed by atoms with Crippen LogP contribution in [0.4, 0.5) is 21.5 Å². The average molecular weight is 341 g/mol. The number of hydrogen-bond donors (Lipinski definition) is 2. The fourth-order valence-corrected chi connectivity index (χ4v) is 2.05. The van der Waals surface area contributed by atoms with E-state index < -0.39 is 5.82 Å². The summed E-state index contributed by atoms with van der Waals surface area (Å²) in [5.74, 6) is -0.449. The number of nitrogens with one attached hydrogen (secondary N) is 1. The highest BCUT2D eigenvalue weighted by atomic mass is 79.9. The van der Waals surface area contributed by atoms with Crippen molar-refractivity contribution in [1.29, 1.82) is 5.26 Å². The van der Waals surface area contributed by atoms with Crippen LogP contribution in [0.25, 0.3) is 0 Å². The molecule has 0 saturated carbocycles. The third-order valence-electron chi connectivity index (χ3n) is 2.46. The Morgan fingerprint density at radius 1 is 1.26 bits per heavy atom. The molecule has 0 fully saturated rings. The molecule has 3 nitrogen and oxygen atoms in total. The van der Waals surface area contributed by atoms with Crippen LogP contribution in [0.2, 0.25) is 5.02 Å². The zero-order chi connectivity index (χ0) is 14.0. The van der Waals surface area contributed by atoms with Gasteiger partial charge in [0.2, 0.25) is 0 Å². The number of benzene rings is 2. The standard InChI is InChI=1S/C13H8BrClFN3/c14-9-4-13(11(18)5-10(9)16)19-12-3-8(15)2-1-7(12)6-17/h1-5,19H,18H2. The van der Waals surface area contributed by atoms with Gasteiger partial charge in [-0.3, -0.25) is 0 Å². The maximum atomic E-state index is 13.3. The van der Waals surface area contributed by atoms with Crippen LogP contribution in [-0.4, -0.2) is 0 Å². The number of halogens is 3. The van der Waals surface area contributed by atoms with Gasteiger partial charge in [-0.15, -0.1) is 0 Å². The predicted molar refractivity (Wildman–Crippen MR) is 78.0 cm³/mol. The summed E-state index contributed by atoms with van der Waals surface area (Å²) in [7, 11) is 0. The molecular formula is C13H8BrClFN3. The number of nitriles is 1. The highest BCUT2D eigenvalue weighted by Crippen LogP contribution is 2.31. The van der Waals surface area contributed by atoms with Crippen molar-refractivity contribution in [2.45, 2.75) is 0 Å². The van der Waals surface area contributed by atoms with Crippen LogP contribution >= 0.6 is 27.5 Å². The number of nitrogens with zero attached hydrogens (tertiary/aromatic N) is 1. The van der Waals surface area contributed by atoms with Gasteiger partial charge in [0.05, 0.1) is 27.1 Å². The van der Waals surface area contributed by atoms with Gasteiger partial charge in [0.25, 0.3) is 0 Å². The molecule has 0 aromatic heterocycles. The van der Waals surface area contributed by atoms with E-state index in [1.807, 2.05) is 6.07 Å². The first-order chi connectivity index (χ1) is 9.01. The van der Waals surface area contributed by atoms with E-state index in [0.717, 1.165) is 0 Å². The number of nitrogen functional groups attached to an aromatic ring is 1. The van der Waals surface area contributed by atoms with Gasteiger partial charge in [0.1, 0.15) is 11.9 Å². The second kappa shape index (κ2) is 5.47. The summed E-state index contributed by atoms with van der Waals surface area (Å²) in [5, 5.41) is 12.5. The van der Waals surface area contributed by atoms with Gasteiger partial charge in [0.15, 0.2) is 0 Å². The Hall–Kier alpha value is -1.77. The normalized spacial score (nSPS) is 10.0. The van der Waals surface area contributed by atoms with E-state index in [9.17, 15) is 4.39 Å². The van der Waals surface area contributed by atoms with Gasteiger partial charge in [-0.05, 0) is 40.2 Å². The van der Waals surface area contributed by atoms with Crippen LogP contribution in [0.5, 0.6) is 0 Å². The van der Waals surface area contributed by atoms with Gasteiger partial charge in [-0.1, -0.05) is 11.6 Å². The Morgan fingerprint density at radius 2 is 2.00 bits per heavy atom. The largest absolute Gasteiger partial charge is 0.397 e. The van der Waals surface area contributed by atoms with Crippen molar-refractivity contribution in [1.82, 2.24) is 0 Å². The molecule has 3 N–H and O–H groups in total. The Kier molecular flexibility index (Phi) is 3.93. The van der Waals surface area contributed by atoms with Crippen LogP contribution < -0.4 is 11.1 Å². The zero-order valence-corrected chi connectivity index (χ0v) is 11.9. The molecule has 6 heteroatoms. The van der Waals surface area contributed by atoms with Crippen molar-refractivity contribution in [3.8, 4) is 6.07 Å². The van der Waals surface area contributed by atoms with Crippen LogP contribution in [0.3, 0.4) is 0 Å². The third-order valence-corrected chi connectivity index (χ3v) is 3.31. The van der Waals surface area contributed by atoms with Crippen LogP contribution in [-0.2, 0) is 0 Å². The molecule has 0 unspecified atom stereocenters. The van der Waals surface area contributed by atoms with Gasteiger partial charge in [-0.2, -0.15) is 5.26 Å². The summed E-state index contributed by atoms with van der Waals surface area (Å²) in [5.41, 5.74) is 7.40. The molecule has 0 bridgehead atoms. The molecular weight excluding hydrogens is 333 g/mol. The third kappa shape index (κ3) is 2.98. The molecule has 0 amide bonds. The van der Waals surface area contributed by atoms with E-state index >= 15 is 0 Å². The zero-order valence-electron chi connectivity index (χ0n) is 9.55. The number of hydrogen-bond acceptors (Lipinski definition) is 3. The Balaban J connectivity index is 2.45. The molecule has 0 aliphatic rings. The van der Waals surface area contributed by atoms with Crippen molar-refractivity contribution in [2.75, 3.05) is 11.1 Å². The molecule has 0 heterocycles. The molecule has 96 valence electrons. The maximum Gasteiger partial charge on any atom is 0.139 e. The Labute approximate surface area is 122 Å². The van der Waals surface area contributed by atoms with E-state index in [4.69, 9.17) is 22.6 Å². The lowest BCUT2D eigenvalue weighted by Gasteiger charge is -2.12. The number of nitrogens with two attached hydrogens (primary N) is 1. The molecule has 0 radical (unpaired) electrons. The van der Waals surface area contributed by atoms with Crippen molar-refractivity contribution >= 4 is 44.6 Å². The van der Waals surface area contributed by atoms with Crippen LogP contribution in [0.1, 0.15) is 5.56 Å². The summed E-state index contributed by atoms with van der Waals surface area (Å²) in [6.07, 6.45) is 0. The summed E-state index contributed by atoms with van der Waals surface area (Å²) in [6, 6.07) is 9.57. The second-order valence-electron chi connectivity index (χ2n) is 3.78. The predicted octanol–water partition coefficient (Wildman–Crippen LogP) is 4.44. The van der Waals surface area contributed by atoms with Gasteiger partial charge in [0, 0.05) is 11.1 Å². The average Bonchev–Trinajstić information content (AvgIpc) is 2.36. The summed E-state index contributed by atoms with van der Waals surface area (Å²) in [4.78, 5) is 0. The van der Waals surface area contributed by atoms with Crippen LogP contribution in [0, 0.1) is 17.1 Å². The monoisotopic (exact) mass is 339 g/mol. The first-order valence-corrected chi connectivity index (χ1v) is 6.39. The van der Waals surface area contributed by atoms with Gasteiger partial charge < -0.3 is 11.1 Å². The minimum atomic E-state index is -0.449. The lowest BCUT2D eigenvalue weighted by molar-refractivity contribution is 0.622. The summed E-state index contributed by atoms with van der Waals surface area (Å²) in [6.45, 7) is 0. The summed E-state index contributed by atoms with van der Waals surface area (Å²) >= 11 is 8.97. The quantitative estimate of drug-likeness (QED) is 0.795. The van der Waals surface area contributed by atoms with Gasteiger partial charge >= 0.3 is 0 Å². The van der Waals surface area contributed by atoms with E-state index in [2.05, 4.69) is 21.2 Å².